The second-order valence-electron chi connectivity index (χ2n) is 3.36. The van der Waals surface area contributed by atoms with Crippen molar-refractivity contribution in [3.63, 3.8) is 0 Å². The predicted octanol–water partition coefficient (Wildman–Crippen LogP) is 1.95. The van der Waals surface area contributed by atoms with Gasteiger partial charge in [0.1, 0.15) is 0 Å². The summed E-state index contributed by atoms with van der Waals surface area (Å²) in [4.78, 5) is 0. The Morgan fingerprint density at radius 1 is 1.40 bits per heavy atom. The lowest BCUT2D eigenvalue weighted by atomic mass is 10.0. The minimum Gasteiger partial charge on any atom is -0.454 e. The maximum atomic E-state index is 5.45. The zero-order valence-corrected chi connectivity index (χ0v) is 8.82. The van der Waals surface area contributed by atoms with Crippen LogP contribution in [0.15, 0.2) is 18.2 Å². The Labute approximate surface area is 89.5 Å². The molecule has 1 aliphatic rings. The van der Waals surface area contributed by atoms with Gasteiger partial charge in [-0.15, -0.1) is 0 Å². The molecule has 0 fully saturated rings. The van der Waals surface area contributed by atoms with Crippen LogP contribution in [0.2, 0.25) is 0 Å². The third-order valence-corrected chi connectivity index (χ3v) is 2.47. The first kappa shape index (κ1) is 10.1. The zero-order valence-electron chi connectivity index (χ0n) is 8.82. The molecule has 1 aromatic carbocycles. The molecular formula is C12H15NO2. The fourth-order valence-corrected chi connectivity index (χ4v) is 1.76. The van der Waals surface area contributed by atoms with Gasteiger partial charge < -0.3 is 15.2 Å². The van der Waals surface area contributed by atoms with Gasteiger partial charge in [-0.1, -0.05) is 25.1 Å². The number of benzene rings is 1. The summed E-state index contributed by atoms with van der Waals surface area (Å²) < 4.78 is 10.8. The fraction of sp³-hybridized carbons (Fsp3) is 0.333. The van der Waals surface area contributed by atoms with E-state index in [-0.39, 0.29) is 0 Å². The Morgan fingerprint density at radius 3 is 3.00 bits per heavy atom. The van der Waals surface area contributed by atoms with Gasteiger partial charge in [0.25, 0.3) is 0 Å². The third-order valence-electron chi connectivity index (χ3n) is 2.47. The van der Waals surface area contributed by atoms with Crippen molar-refractivity contribution in [2.75, 3.05) is 13.3 Å². The van der Waals surface area contributed by atoms with Crippen LogP contribution in [0, 0.1) is 0 Å². The Hall–Kier alpha value is -1.48. The van der Waals surface area contributed by atoms with Crippen LogP contribution in [-0.2, 0) is 6.42 Å². The molecule has 0 spiro atoms. The molecule has 1 heterocycles. The molecule has 2 rings (SSSR count). The highest BCUT2D eigenvalue weighted by atomic mass is 16.7. The summed E-state index contributed by atoms with van der Waals surface area (Å²) in [6.45, 7) is 2.99. The van der Waals surface area contributed by atoms with Gasteiger partial charge >= 0.3 is 0 Å². The minimum atomic E-state index is 0.326. The minimum absolute atomic E-state index is 0.326. The molecule has 0 unspecified atom stereocenters. The van der Waals surface area contributed by atoms with Gasteiger partial charge in [-0.05, 0) is 18.1 Å². The number of hydrogen-bond acceptors (Lipinski definition) is 3. The third kappa shape index (κ3) is 1.83. The van der Waals surface area contributed by atoms with Crippen molar-refractivity contribution < 1.29 is 9.47 Å². The van der Waals surface area contributed by atoms with Crippen molar-refractivity contribution in [2.24, 2.45) is 5.73 Å². The Balaban J connectivity index is 2.43. The molecule has 80 valence electrons. The average molecular weight is 205 g/mol. The van der Waals surface area contributed by atoms with Crippen LogP contribution in [-0.4, -0.2) is 13.3 Å². The van der Waals surface area contributed by atoms with Gasteiger partial charge in [0, 0.05) is 12.1 Å². The van der Waals surface area contributed by atoms with Crippen LogP contribution < -0.4 is 15.2 Å². The average Bonchev–Trinajstić information content (AvgIpc) is 2.73. The monoisotopic (exact) mass is 205 g/mol. The first-order valence-electron chi connectivity index (χ1n) is 5.15. The van der Waals surface area contributed by atoms with E-state index in [4.69, 9.17) is 15.2 Å². The lowest BCUT2D eigenvalue weighted by Gasteiger charge is -2.07. The second-order valence-corrected chi connectivity index (χ2v) is 3.36. The summed E-state index contributed by atoms with van der Waals surface area (Å²) in [6.07, 6.45) is 4.90. The summed E-state index contributed by atoms with van der Waals surface area (Å²) in [5.41, 5.74) is 7.79. The van der Waals surface area contributed by atoms with Crippen LogP contribution >= 0.6 is 0 Å². The van der Waals surface area contributed by atoms with Crippen molar-refractivity contribution in [3.05, 3.63) is 29.3 Å². The van der Waals surface area contributed by atoms with Gasteiger partial charge in [0.05, 0.1) is 0 Å². The highest BCUT2D eigenvalue weighted by molar-refractivity contribution is 5.62. The van der Waals surface area contributed by atoms with Gasteiger partial charge in [-0.2, -0.15) is 0 Å². The van der Waals surface area contributed by atoms with E-state index in [1.54, 1.807) is 0 Å². The highest BCUT2D eigenvalue weighted by Gasteiger charge is 2.18. The van der Waals surface area contributed by atoms with Gasteiger partial charge in [0.15, 0.2) is 11.5 Å². The smallest absolute Gasteiger partial charge is 0.231 e. The summed E-state index contributed by atoms with van der Waals surface area (Å²) in [5.74, 6) is 1.73. The van der Waals surface area contributed by atoms with E-state index in [9.17, 15) is 0 Å². The Kier molecular flexibility index (Phi) is 2.92. The quantitative estimate of drug-likeness (QED) is 0.820. The molecule has 1 aromatic rings. The van der Waals surface area contributed by atoms with Crippen molar-refractivity contribution in [3.8, 4) is 11.5 Å². The van der Waals surface area contributed by atoms with E-state index in [1.165, 1.54) is 5.56 Å². The van der Waals surface area contributed by atoms with Crippen molar-refractivity contribution in [2.45, 2.75) is 13.3 Å². The van der Waals surface area contributed by atoms with Crippen LogP contribution in [0.25, 0.3) is 6.08 Å². The number of hydrogen-bond donors (Lipinski definition) is 1. The highest BCUT2D eigenvalue weighted by Crippen LogP contribution is 2.38. The lowest BCUT2D eigenvalue weighted by molar-refractivity contribution is 0.173. The van der Waals surface area contributed by atoms with Crippen LogP contribution in [0.4, 0.5) is 0 Å². The van der Waals surface area contributed by atoms with E-state index >= 15 is 0 Å². The van der Waals surface area contributed by atoms with Crippen LogP contribution in [0.1, 0.15) is 18.1 Å². The van der Waals surface area contributed by atoms with Gasteiger partial charge in [0.2, 0.25) is 6.79 Å². The molecule has 0 aromatic heterocycles. The molecule has 15 heavy (non-hydrogen) atoms. The van der Waals surface area contributed by atoms with Gasteiger partial charge in [-0.25, -0.2) is 0 Å². The van der Waals surface area contributed by atoms with E-state index in [2.05, 4.69) is 6.92 Å². The molecule has 0 saturated heterocycles. The lowest BCUT2D eigenvalue weighted by Crippen LogP contribution is -1.95. The SMILES string of the molecule is CCc1c(/C=C/CN)ccc2c1OCO2. The summed E-state index contributed by atoms with van der Waals surface area (Å²) >= 11 is 0. The zero-order chi connectivity index (χ0) is 10.7. The fourth-order valence-electron chi connectivity index (χ4n) is 1.76. The molecule has 3 heteroatoms. The Bertz CT molecular complexity index is 385. The number of fused-ring (bicyclic) bond motifs is 1. The second kappa shape index (κ2) is 4.36. The molecule has 0 atom stereocenters. The predicted molar refractivity (Wildman–Crippen MR) is 60.0 cm³/mol. The molecule has 2 N–H and O–H groups in total. The molecule has 0 radical (unpaired) electrons. The molecule has 3 nitrogen and oxygen atoms in total. The molecule has 0 bridgehead atoms. The Morgan fingerprint density at radius 2 is 2.27 bits per heavy atom. The molecule has 0 amide bonds. The first-order chi connectivity index (χ1) is 7.36. The van der Waals surface area contributed by atoms with E-state index in [1.807, 2.05) is 24.3 Å². The normalized spacial score (nSPS) is 13.7. The first-order valence-corrected chi connectivity index (χ1v) is 5.15. The van der Waals surface area contributed by atoms with E-state index in [0.717, 1.165) is 23.5 Å². The number of ether oxygens (including phenoxy) is 2. The van der Waals surface area contributed by atoms with Crippen molar-refractivity contribution >= 4 is 6.08 Å². The van der Waals surface area contributed by atoms with Crippen molar-refractivity contribution in [1.29, 1.82) is 0 Å². The molecule has 0 saturated carbocycles. The standard InChI is InChI=1S/C12H15NO2/c1-2-10-9(4-3-7-13)5-6-11-12(10)15-8-14-11/h3-6H,2,7-8,13H2,1H3/b4-3+. The topological polar surface area (TPSA) is 44.5 Å². The van der Waals surface area contributed by atoms with Crippen LogP contribution in [0.3, 0.4) is 0 Å². The molecule has 1 aliphatic heterocycles. The maximum absolute atomic E-state index is 5.45. The van der Waals surface area contributed by atoms with Crippen molar-refractivity contribution in [1.82, 2.24) is 0 Å². The van der Waals surface area contributed by atoms with E-state index in [0.29, 0.717) is 13.3 Å². The summed E-state index contributed by atoms with van der Waals surface area (Å²) in [7, 11) is 0. The maximum Gasteiger partial charge on any atom is 0.231 e. The summed E-state index contributed by atoms with van der Waals surface area (Å²) in [5, 5.41) is 0. The molecule has 0 aliphatic carbocycles. The number of nitrogens with two attached hydrogens (primary N) is 1. The van der Waals surface area contributed by atoms with E-state index < -0.39 is 0 Å². The van der Waals surface area contributed by atoms with Crippen LogP contribution in [0.5, 0.6) is 11.5 Å². The largest absolute Gasteiger partial charge is 0.454 e. The number of rotatable bonds is 3. The molecular weight excluding hydrogens is 190 g/mol. The summed E-state index contributed by atoms with van der Waals surface area (Å²) in [6, 6.07) is 3.98. The van der Waals surface area contributed by atoms with Gasteiger partial charge in [-0.3, -0.25) is 0 Å².